The van der Waals surface area contributed by atoms with Gasteiger partial charge in [0.2, 0.25) is 15.9 Å². The van der Waals surface area contributed by atoms with Crippen LogP contribution in [0, 0.1) is 17.0 Å². The molecule has 2 N–H and O–H groups in total. The summed E-state index contributed by atoms with van der Waals surface area (Å²) in [7, 11) is -3.85. The van der Waals surface area contributed by atoms with Gasteiger partial charge in [0.25, 0.3) is 11.2 Å². The minimum atomic E-state index is -3.85. The number of nitrogens with one attached hydrogen (secondary N) is 1. The normalized spacial score (nSPS) is 14.3. The predicted octanol–water partition coefficient (Wildman–Crippen LogP) is 4.14. The summed E-state index contributed by atoms with van der Waals surface area (Å²) in [6.07, 6.45) is 2.75. The van der Waals surface area contributed by atoms with Gasteiger partial charge in [-0.2, -0.15) is 9.41 Å². The molecule has 0 amide bonds. The molecule has 0 unspecified atom stereocenters. The van der Waals surface area contributed by atoms with Crippen LogP contribution >= 0.6 is 0 Å². The molecule has 4 aromatic rings. The van der Waals surface area contributed by atoms with E-state index in [-0.39, 0.29) is 22.0 Å². The van der Waals surface area contributed by atoms with E-state index in [4.69, 9.17) is 0 Å². The van der Waals surface area contributed by atoms with Crippen LogP contribution in [0.4, 0.5) is 11.4 Å². The minimum Gasteiger partial charge on any atom is -0.494 e. The molecule has 39 heavy (non-hydrogen) atoms. The fraction of sp³-hybridized carbons (Fsp3) is 0.185. The summed E-state index contributed by atoms with van der Waals surface area (Å²) in [6, 6.07) is 17.4. The number of nitro groups is 1. The van der Waals surface area contributed by atoms with E-state index in [0.29, 0.717) is 29.5 Å². The standard InChI is InChI=1S/C27H25N5O6S/c1-18-8-10-19(11-9-18)31-26(33)22-7-3-2-6-21(22)23(27(31)34)17-28-29-24-13-12-20(16-25(24)32(35)36)39(37,38)30-14-4-5-15-30/h2-3,6-13,16-17,29,34H,4-5,14-15H2,1H3/b28-17-. The molecule has 3 aromatic carbocycles. The van der Waals surface area contributed by atoms with Crippen LogP contribution in [-0.4, -0.2) is 46.6 Å². The van der Waals surface area contributed by atoms with Gasteiger partial charge in [0.05, 0.1) is 27.3 Å². The Morgan fingerprint density at radius 3 is 2.36 bits per heavy atom. The molecular weight excluding hydrogens is 522 g/mol. The molecule has 0 saturated carbocycles. The third kappa shape index (κ3) is 4.87. The highest BCUT2D eigenvalue weighted by Crippen LogP contribution is 2.31. The fourth-order valence-electron chi connectivity index (χ4n) is 4.58. The van der Waals surface area contributed by atoms with Crippen LogP contribution in [-0.2, 0) is 10.0 Å². The van der Waals surface area contributed by atoms with Gasteiger partial charge in [0.1, 0.15) is 5.69 Å². The van der Waals surface area contributed by atoms with Gasteiger partial charge in [-0.05, 0) is 50.1 Å². The Morgan fingerprint density at radius 2 is 1.69 bits per heavy atom. The third-order valence-corrected chi connectivity index (χ3v) is 8.54. The average molecular weight is 548 g/mol. The topological polar surface area (TPSA) is 147 Å². The van der Waals surface area contributed by atoms with Crippen molar-refractivity contribution in [1.29, 1.82) is 0 Å². The van der Waals surface area contributed by atoms with Gasteiger partial charge in [0, 0.05) is 29.9 Å². The largest absolute Gasteiger partial charge is 0.494 e. The Morgan fingerprint density at radius 1 is 1.03 bits per heavy atom. The molecule has 5 rings (SSSR count). The van der Waals surface area contributed by atoms with Crippen molar-refractivity contribution in [2.75, 3.05) is 18.5 Å². The first-order valence-corrected chi connectivity index (χ1v) is 13.6. The number of aryl methyl sites for hydroxylation is 1. The van der Waals surface area contributed by atoms with Crippen LogP contribution in [0.2, 0.25) is 0 Å². The average Bonchev–Trinajstić information content (AvgIpc) is 3.48. The van der Waals surface area contributed by atoms with Gasteiger partial charge in [0.15, 0.2) is 0 Å². The van der Waals surface area contributed by atoms with Crippen LogP contribution in [0.3, 0.4) is 0 Å². The van der Waals surface area contributed by atoms with Crippen LogP contribution in [0.5, 0.6) is 5.88 Å². The van der Waals surface area contributed by atoms with E-state index in [1.165, 1.54) is 27.2 Å². The van der Waals surface area contributed by atoms with E-state index < -0.39 is 26.2 Å². The number of pyridine rings is 1. The molecule has 0 aliphatic carbocycles. The van der Waals surface area contributed by atoms with Crippen molar-refractivity contribution in [2.45, 2.75) is 24.7 Å². The van der Waals surface area contributed by atoms with E-state index in [1.54, 1.807) is 36.4 Å². The van der Waals surface area contributed by atoms with Gasteiger partial charge in [-0.15, -0.1) is 0 Å². The second-order valence-corrected chi connectivity index (χ2v) is 11.1. The number of hydrazone groups is 1. The van der Waals surface area contributed by atoms with E-state index >= 15 is 0 Å². The number of aromatic hydroxyl groups is 1. The lowest BCUT2D eigenvalue weighted by Gasteiger charge is -2.15. The molecule has 1 aromatic heterocycles. The number of sulfonamides is 1. The summed E-state index contributed by atoms with van der Waals surface area (Å²) < 4.78 is 28.2. The summed E-state index contributed by atoms with van der Waals surface area (Å²) in [5.41, 5.74) is 3.33. The van der Waals surface area contributed by atoms with Gasteiger partial charge in [-0.3, -0.25) is 20.3 Å². The van der Waals surface area contributed by atoms with Crippen LogP contribution in [0.25, 0.3) is 16.5 Å². The predicted molar refractivity (Wildman–Crippen MR) is 148 cm³/mol. The zero-order valence-electron chi connectivity index (χ0n) is 20.9. The maximum absolute atomic E-state index is 13.2. The lowest BCUT2D eigenvalue weighted by molar-refractivity contribution is -0.384. The van der Waals surface area contributed by atoms with Crippen molar-refractivity contribution < 1.29 is 18.4 Å². The van der Waals surface area contributed by atoms with Crippen LogP contribution < -0.4 is 11.0 Å². The number of aromatic nitrogens is 1. The van der Waals surface area contributed by atoms with Crippen molar-refractivity contribution in [2.24, 2.45) is 5.10 Å². The monoisotopic (exact) mass is 547 g/mol. The molecule has 11 nitrogen and oxygen atoms in total. The van der Waals surface area contributed by atoms with Crippen molar-refractivity contribution in [1.82, 2.24) is 8.87 Å². The molecule has 1 saturated heterocycles. The molecule has 1 aliphatic heterocycles. The van der Waals surface area contributed by atoms with Crippen molar-refractivity contribution in [3.63, 3.8) is 0 Å². The molecule has 0 radical (unpaired) electrons. The highest BCUT2D eigenvalue weighted by Gasteiger charge is 2.29. The Labute approximate surface area is 223 Å². The van der Waals surface area contributed by atoms with Gasteiger partial charge >= 0.3 is 0 Å². The zero-order valence-corrected chi connectivity index (χ0v) is 21.8. The second kappa shape index (κ2) is 10.3. The highest BCUT2D eigenvalue weighted by molar-refractivity contribution is 7.89. The first kappa shape index (κ1) is 26.1. The number of rotatable bonds is 7. The number of fused-ring (bicyclic) bond motifs is 1. The molecule has 0 spiro atoms. The Hall–Kier alpha value is -4.55. The van der Waals surface area contributed by atoms with Gasteiger partial charge < -0.3 is 5.11 Å². The summed E-state index contributed by atoms with van der Waals surface area (Å²) in [5.74, 6) is -0.352. The van der Waals surface area contributed by atoms with Crippen molar-refractivity contribution in [3.05, 3.63) is 98.3 Å². The lowest BCUT2D eigenvalue weighted by atomic mass is 10.1. The molecule has 200 valence electrons. The van der Waals surface area contributed by atoms with Gasteiger partial charge in [-0.1, -0.05) is 35.9 Å². The van der Waals surface area contributed by atoms with E-state index in [2.05, 4.69) is 10.5 Å². The quantitative estimate of drug-likeness (QED) is 0.201. The second-order valence-electron chi connectivity index (χ2n) is 9.18. The number of anilines is 1. The number of nitrogens with zero attached hydrogens (tertiary/aromatic N) is 4. The molecule has 0 atom stereocenters. The van der Waals surface area contributed by atoms with E-state index in [0.717, 1.165) is 24.5 Å². The molecule has 0 bridgehead atoms. The smallest absolute Gasteiger partial charge is 0.295 e. The van der Waals surface area contributed by atoms with Gasteiger partial charge in [-0.25, -0.2) is 13.0 Å². The summed E-state index contributed by atoms with van der Waals surface area (Å²) in [4.78, 5) is 24.1. The maximum atomic E-state index is 13.2. The SMILES string of the molecule is Cc1ccc(-n2c(O)c(/C=N\Nc3ccc(S(=O)(=O)N4CCCC4)cc3[N+](=O)[O-])c3ccccc3c2=O)cc1. The summed E-state index contributed by atoms with van der Waals surface area (Å²) >= 11 is 0. The minimum absolute atomic E-state index is 0.0349. The number of hydrogen-bond acceptors (Lipinski definition) is 8. The highest BCUT2D eigenvalue weighted by atomic mass is 32.2. The molecule has 1 fully saturated rings. The summed E-state index contributed by atoms with van der Waals surface area (Å²) in [5, 5.41) is 27.8. The number of hydrogen-bond donors (Lipinski definition) is 2. The molecular formula is C27H25N5O6S. The van der Waals surface area contributed by atoms with E-state index in [1.807, 2.05) is 19.1 Å². The molecule has 12 heteroatoms. The molecule has 1 aliphatic rings. The number of benzene rings is 3. The zero-order chi connectivity index (χ0) is 27.7. The van der Waals surface area contributed by atoms with Crippen LogP contribution in [0.1, 0.15) is 24.0 Å². The Kier molecular flexibility index (Phi) is 6.89. The Bertz CT molecular complexity index is 1780. The van der Waals surface area contributed by atoms with Crippen molar-refractivity contribution >= 4 is 38.4 Å². The van der Waals surface area contributed by atoms with Crippen LogP contribution in [0.15, 0.2) is 81.5 Å². The fourth-order valence-corrected chi connectivity index (χ4v) is 6.12. The Balaban J connectivity index is 1.53. The lowest BCUT2D eigenvalue weighted by Crippen LogP contribution is -2.27. The van der Waals surface area contributed by atoms with E-state index in [9.17, 15) is 28.4 Å². The summed E-state index contributed by atoms with van der Waals surface area (Å²) in [6.45, 7) is 2.66. The first-order valence-electron chi connectivity index (χ1n) is 12.2. The van der Waals surface area contributed by atoms with Crippen molar-refractivity contribution in [3.8, 4) is 11.6 Å². The first-order chi connectivity index (χ1) is 18.7. The third-order valence-electron chi connectivity index (χ3n) is 6.64. The maximum Gasteiger partial charge on any atom is 0.295 e. The number of nitro benzene ring substituents is 1. The molecule has 2 heterocycles.